The van der Waals surface area contributed by atoms with Crippen LogP contribution in [0.15, 0.2) is 0 Å². The van der Waals surface area contributed by atoms with Crippen molar-refractivity contribution in [1.29, 1.82) is 0 Å². The van der Waals surface area contributed by atoms with Gasteiger partial charge in [-0.3, -0.25) is 19.6 Å². The topological polar surface area (TPSA) is 49.3 Å². The van der Waals surface area contributed by atoms with Crippen molar-refractivity contribution in [3.05, 3.63) is 0 Å². The second-order valence-electron chi connectivity index (χ2n) is 16.8. The number of aliphatic carboxylic acids is 1. The molecule has 0 aromatic rings. The summed E-state index contributed by atoms with van der Waals surface area (Å²) in [7, 11) is 0. The van der Waals surface area contributed by atoms with Gasteiger partial charge in [-0.1, -0.05) is 158 Å². The van der Waals surface area contributed by atoms with E-state index in [1.54, 1.807) is 0 Å². The first-order valence-corrected chi connectivity index (χ1v) is 22.3. The SMILES string of the molecule is CCCCC1C(CCCC)N1C(N1C(CCCC)C1CCCC)C(C(=O)O)(N1C(CCCC)C1CCCC)N1C(CCCC)C1CCCC. The standard InChI is InChI=1S/C43H82N4O2/c1-9-17-25-33-34(26-18-10-2)44(33)41(45-35(27-19-11-3)36(45)28-20-12-4)43(42(48)49,46-37(29-21-13-5)38(46)30-22-14-6)47-39(31-23-15-7)40(47)32-24-16-8/h33-41H,9-32H2,1-8H3,(H,48,49). The smallest absolute Gasteiger partial charge is 0.342 e. The molecule has 8 atom stereocenters. The van der Waals surface area contributed by atoms with Crippen LogP contribution in [-0.4, -0.2) is 90.8 Å². The largest absolute Gasteiger partial charge is 0.479 e. The van der Waals surface area contributed by atoms with Gasteiger partial charge in [-0.2, -0.15) is 0 Å². The van der Waals surface area contributed by atoms with E-state index in [0.29, 0.717) is 48.3 Å². The maximum Gasteiger partial charge on any atom is 0.342 e. The lowest BCUT2D eigenvalue weighted by atomic mass is 10.0. The van der Waals surface area contributed by atoms with Crippen molar-refractivity contribution < 1.29 is 9.90 Å². The lowest BCUT2D eigenvalue weighted by Crippen LogP contribution is -2.69. The third-order valence-electron chi connectivity index (χ3n) is 13.2. The van der Waals surface area contributed by atoms with Crippen LogP contribution < -0.4 is 0 Å². The number of nitrogens with zero attached hydrogens (tertiary/aromatic N) is 4. The highest BCUT2D eigenvalue weighted by Gasteiger charge is 2.79. The molecule has 8 unspecified atom stereocenters. The number of carboxylic acids is 1. The number of unbranched alkanes of at least 4 members (excludes halogenated alkanes) is 8. The molecule has 0 aromatic carbocycles. The first-order valence-electron chi connectivity index (χ1n) is 22.3. The van der Waals surface area contributed by atoms with Gasteiger partial charge in [0.2, 0.25) is 5.66 Å². The van der Waals surface area contributed by atoms with Crippen LogP contribution >= 0.6 is 0 Å². The molecule has 6 heteroatoms. The van der Waals surface area contributed by atoms with E-state index in [2.05, 4.69) is 75.0 Å². The van der Waals surface area contributed by atoms with Crippen molar-refractivity contribution in [3.63, 3.8) is 0 Å². The van der Waals surface area contributed by atoms with Crippen molar-refractivity contribution in [2.24, 2.45) is 0 Å². The third kappa shape index (κ3) is 9.10. The van der Waals surface area contributed by atoms with Crippen LogP contribution in [0.5, 0.6) is 0 Å². The Hall–Kier alpha value is -0.690. The van der Waals surface area contributed by atoms with E-state index >= 15 is 0 Å². The maximum atomic E-state index is 14.9. The summed E-state index contributed by atoms with van der Waals surface area (Å²) in [5.74, 6) is -0.524. The molecule has 0 radical (unpaired) electrons. The first kappa shape index (κ1) is 41.1. The highest BCUT2D eigenvalue weighted by molar-refractivity contribution is 5.81. The van der Waals surface area contributed by atoms with E-state index in [4.69, 9.17) is 0 Å². The molecule has 4 saturated heterocycles. The van der Waals surface area contributed by atoms with Crippen LogP contribution in [0.1, 0.15) is 209 Å². The molecule has 1 N–H and O–H groups in total. The van der Waals surface area contributed by atoms with E-state index in [9.17, 15) is 9.90 Å². The molecule has 0 aromatic heterocycles. The second kappa shape index (κ2) is 20.0. The van der Waals surface area contributed by atoms with Gasteiger partial charge in [0.25, 0.3) is 0 Å². The van der Waals surface area contributed by atoms with Gasteiger partial charge in [-0.05, 0) is 51.4 Å². The van der Waals surface area contributed by atoms with E-state index < -0.39 is 11.6 Å². The number of hydrogen-bond donors (Lipinski definition) is 1. The Labute approximate surface area is 304 Å². The van der Waals surface area contributed by atoms with Crippen LogP contribution in [-0.2, 0) is 4.79 Å². The van der Waals surface area contributed by atoms with Crippen LogP contribution in [0.2, 0.25) is 0 Å². The maximum absolute atomic E-state index is 14.9. The van der Waals surface area contributed by atoms with Crippen LogP contribution in [0.4, 0.5) is 0 Å². The number of carbonyl (C=O) groups is 1. The van der Waals surface area contributed by atoms with Gasteiger partial charge in [0.15, 0.2) is 0 Å². The van der Waals surface area contributed by atoms with Gasteiger partial charge in [-0.25, -0.2) is 4.79 Å². The summed E-state index contributed by atoms with van der Waals surface area (Å²) < 4.78 is 0. The molecule has 0 bridgehead atoms. The number of hydrogen-bond acceptors (Lipinski definition) is 5. The van der Waals surface area contributed by atoms with E-state index in [-0.39, 0.29) is 6.17 Å². The molecule has 4 aliphatic rings. The van der Waals surface area contributed by atoms with E-state index in [0.717, 1.165) is 25.7 Å². The Morgan fingerprint density at radius 3 is 0.816 bits per heavy atom. The van der Waals surface area contributed by atoms with Gasteiger partial charge in [-0.15, -0.1) is 0 Å². The second-order valence-corrected chi connectivity index (χ2v) is 16.8. The van der Waals surface area contributed by atoms with Gasteiger partial charge in [0.1, 0.15) is 6.17 Å². The predicted molar refractivity (Wildman–Crippen MR) is 208 cm³/mol. The van der Waals surface area contributed by atoms with Crippen LogP contribution in [0, 0.1) is 0 Å². The molecule has 0 amide bonds. The Morgan fingerprint density at radius 2 is 0.633 bits per heavy atom. The van der Waals surface area contributed by atoms with Gasteiger partial charge >= 0.3 is 5.97 Å². The Morgan fingerprint density at radius 1 is 0.429 bits per heavy atom. The normalized spacial score (nSPS) is 36.3. The first-order chi connectivity index (χ1) is 23.9. The van der Waals surface area contributed by atoms with Crippen molar-refractivity contribution in [1.82, 2.24) is 19.6 Å². The summed E-state index contributed by atoms with van der Waals surface area (Å²) >= 11 is 0. The molecule has 49 heavy (non-hydrogen) atoms. The number of rotatable bonds is 30. The van der Waals surface area contributed by atoms with Gasteiger partial charge in [0.05, 0.1) is 0 Å². The fourth-order valence-electron chi connectivity index (χ4n) is 10.4. The van der Waals surface area contributed by atoms with Gasteiger partial charge in [0, 0.05) is 48.3 Å². The van der Waals surface area contributed by atoms with Gasteiger partial charge < -0.3 is 5.11 Å². The minimum absolute atomic E-state index is 0.0519. The molecule has 286 valence electrons. The highest BCUT2D eigenvalue weighted by atomic mass is 16.4. The summed E-state index contributed by atoms with van der Waals surface area (Å²) in [6, 6.07) is 3.71. The van der Waals surface area contributed by atoms with Crippen molar-refractivity contribution in [2.75, 3.05) is 0 Å². The zero-order valence-electron chi connectivity index (χ0n) is 33.8. The highest BCUT2D eigenvalue weighted by Crippen LogP contribution is 2.60. The average molecular weight is 687 g/mol. The van der Waals surface area contributed by atoms with E-state index in [1.807, 2.05) is 0 Å². The summed E-state index contributed by atoms with van der Waals surface area (Å²) in [5.41, 5.74) is -0.968. The summed E-state index contributed by atoms with van der Waals surface area (Å²) in [5, 5.41) is 12.3. The summed E-state index contributed by atoms with van der Waals surface area (Å²) in [6.45, 7) is 18.6. The zero-order valence-corrected chi connectivity index (χ0v) is 33.8. The monoisotopic (exact) mass is 687 g/mol. The quantitative estimate of drug-likeness (QED) is 0.0759. The average Bonchev–Trinajstić information content (AvgIpc) is 4.01. The molecular weight excluding hydrogens is 604 g/mol. The molecule has 0 spiro atoms. The van der Waals surface area contributed by atoms with E-state index in [1.165, 1.54) is 128 Å². The Kier molecular flexibility index (Phi) is 16.7. The third-order valence-corrected chi connectivity index (χ3v) is 13.2. The molecule has 4 heterocycles. The van der Waals surface area contributed by atoms with Crippen LogP contribution in [0.25, 0.3) is 0 Å². The molecule has 6 nitrogen and oxygen atoms in total. The zero-order chi connectivity index (χ0) is 35.6. The van der Waals surface area contributed by atoms with Crippen molar-refractivity contribution in [2.45, 2.75) is 270 Å². The lowest BCUT2D eigenvalue weighted by molar-refractivity contribution is -0.168. The molecule has 0 saturated carbocycles. The van der Waals surface area contributed by atoms with Crippen molar-refractivity contribution >= 4 is 5.97 Å². The number of carboxylic acid groups (broad SMARTS) is 1. The van der Waals surface area contributed by atoms with Crippen molar-refractivity contribution in [3.8, 4) is 0 Å². The Bertz CT molecular complexity index is 840. The molecule has 4 rings (SSSR count). The molecule has 4 aliphatic heterocycles. The fraction of sp³-hybridized carbons (Fsp3) is 0.977. The fourth-order valence-corrected chi connectivity index (χ4v) is 10.4. The minimum atomic E-state index is -0.968. The van der Waals surface area contributed by atoms with Crippen LogP contribution in [0.3, 0.4) is 0 Å². The molecular formula is C43H82N4O2. The minimum Gasteiger partial charge on any atom is -0.479 e. The Balaban J connectivity index is 1.91. The molecule has 0 aliphatic carbocycles. The lowest BCUT2D eigenvalue weighted by Gasteiger charge is -2.44. The summed E-state index contributed by atoms with van der Waals surface area (Å²) in [6.07, 6.45) is 28.9. The summed E-state index contributed by atoms with van der Waals surface area (Å²) in [4.78, 5) is 26.0. The predicted octanol–water partition coefficient (Wildman–Crippen LogP) is 10.8. The molecule has 4 fully saturated rings.